The molecule has 0 aliphatic rings. The van der Waals surface area contributed by atoms with Crippen LogP contribution in [0, 0.1) is 0 Å². The first-order valence-corrected chi connectivity index (χ1v) is 7.10. The second kappa shape index (κ2) is 6.65. The number of aromatic nitrogens is 1. The van der Waals surface area contributed by atoms with Gasteiger partial charge in [-0.15, -0.1) is 11.3 Å². The number of hydrogen-bond donors (Lipinski definition) is 2. The molecule has 1 heterocycles. The number of carbonyl (C=O) groups excluding carboxylic acids is 1. The highest BCUT2D eigenvalue weighted by molar-refractivity contribution is 7.09. The van der Waals surface area contributed by atoms with Gasteiger partial charge in [-0.2, -0.15) is 0 Å². The molecule has 19 heavy (non-hydrogen) atoms. The summed E-state index contributed by atoms with van der Waals surface area (Å²) >= 11 is 1.63. The Bertz CT molecular complexity index is 449. The largest absolute Gasteiger partial charge is 0.481 e. The van der Waals surface area contributed by atoms with Gasteiger partial charge in [-0.1, -0.05) is 20.8 Å². The molecule has 0 spiro atoms. The number of aliphatic carboxylic acids is 1. The van der Waals surface area contributed by atoms with E-state index in [1.807, 2.05) is 5.38 Å². The van der Waals surface area contributed by atoms with Crippen molar-refractivity contribution >= 4 is 23.2 Å². The fourth-order valence-corrected chi connectivity index (χ4v) is 2.35. The number of rotatable bonds is 6. The van der Waals surface area contributed by atoms with Gasteiger partial charge in [-0.3, -0.25) is 9.59 Å². The predicted molar refractivity (Wildman–Crippen MR) is 74.4 cm³/mol. The highest BCUT2D eigenvalue weighted by Gasteiger charge is 2.17. The molecule has 5 nitrogen and oxygen atoms in total. The third kappa shape index (κ3) is 5.83. The van der Waals surface area contributed by atoms with Crippen LogP contribution in [0.1, 0.15) is 44.3 Å². The maximum absolute atomic E-state index is 11.3. The van der Waals surface area contributed by atoms with Crippen molar-refractivity contribution in [3.05, 3.63) is 16.1 Å². The number of carboxylic acid groups (broad SMARTS) is 1. The molecular weight excluding hydrogens is 264 g/mol. The first kappa shape index (κ1) is 15.6. The summed E-state index contributed by atoms with van der Waals surface area (Å²) in [5.74, 6) is -1.18. The van der Waals surface area contributed by atoms with Gasteiger partial charge in [0, 0.05) is 30.2 Å². The van der Waals surface area contributed by atoms with Crippen LogP contribution in [0.25, 0.3) is 0 Å². The van der Waals surface area contributed by atoms with E-state index in [0.717, 1.165) is 10.7 Å². The predicted octanol–water partition coefficient (Wildman–Crippen LogP) is 1.96. The molecule has 1 aromatic rings. The van der Waals surface area contributed by atoms with Gasteiger partial charge in [0.15, 0.2) is 0 Å². The zero-order valence-corrected chi connectivity index (χ0v) is 12.3. The van der Waals surface area contributed by atoms with Crippen LogP contribution in [0.4, 0.5) is 0 Å². The van der Waals surface area contributed by atoms with E-state index in [1.54, 1.807) is 11.3 Å². The molecule has 0 fully saturated rings. The van der Waals surface area contributed by atoms with Gasteiger partial charge in [0.2, 0.25) is 5.91 Å². The summed E-state index contributed by atoms with van der Waals surface area (Å²) in [7, 11) is 0. The van der Waals surface area contributed by atoms with Crippen molar-refractivity contribution in [2.45, 2.75) is 45.4 Å². The number of carbonyl (C=O) groups is 2. The van der Waals surface area contributed by atoms with E-state index in [9.17, 15) is 9.59 Å². The average Bonchev–Trinajstić information content (AvgIpc) is 2.74. The molecule has 0 aliphatic carbocycles. The van der Waals surface area contributed by atoms with Crippen molar-refractivity contribution in [3.8, 4) is 0 Å². The van der Waals surface area contributed by atoms with E-state index in [0.29, 0.717) is 13.0 Å². The van der Waals surface area contributed by atoms with Crippen LogP contribution in [-0.2, 0) is 21.4 Å². The average molecular weight is 284 g/mol. The molecule has 0 radical (unpaired) electrons. The number of nitrogens with zero attached hydrogens (tertiary/aromatic N) is 1. The number of thiazole rings is 1. The standard InChI is InChI=1S/C13H20N2O3S/c1-13(2,3)12-15-9(8-19-12)6-7-14-10(16)4-5-11(17)18/h8H,4-7H2,1-3H3,(H,14,16)(H,17,18). The van der Waals surface area contributed by atoms with E-state index in [-0.39, 0.29) is 24.2 Å². The van der Waals surface area contributed by atoms with Crippen LogP contribution >= 0.6 is 11.3 Å². The molecule has 0 bridgehead atoms. The second-order valence-electron chi connectivity index (χ2n) is 5.39. The number of nitrogens with one attached hydrogen (secondary N) is 1. The van der Waals surface area contributed by atoms with E-state index < -0.39 is 5.97 Å². The fraction of sp³-hybridized carbons (Fsp3) is 0.615. The van der Waals surface area contributed by atoms with Gasteiger partial charge >= 0.3 is 5.97 Å². The third-order valence-corrected chi connectivity index (χ3v) is 3.78. The van der Waals surface area contributed by atoms with Crippen molar-refractivity contribution in [1.29, 1.82) is 0 Å². The number of hydrogen-bond acceptors (Lipinski definition) is 4. The smallest absolute Gasteiger partial charge is 0.303 e. The minimum Gasteiger partial charge on any atom is -0.481 e. The second-order valence-corrected chi connectivity index (χ2v) is 6.25. The van der Waals surface area contributed by atoms with Gasteiger partial charge < -0.3 is 10.4 Å². The lowest BCUT2D eigenvalue weighted by atomic mass is 9.98. The van der Waals surface area contributed by atoms with Gasteiger partial charge in [-0.25, -0.2) is 4.98 Å². The fourth-order valence-electron chi connectivity index (χ4n) is 1.41. The van der Waals surface area contributed by atoms with E-state index in [4.69, 9.17) is 5.11 Å². The molecule has 6 heteroatoms. The summed E-state index contributed by atoms with van der Waals surface area (Å²) in [5.41, 5.74) is 1.02. The van der Waals surface area contributed by atoms with Gasteiger partial charge in [0.1, 0.15) is 0 Å². The molecule has 2 N–H and O–H groups in total. The summed E-state index contributed by atoms with van der Waals surface area (Å²) in [6.45, 7) is 6.83. The molecule has 0 aliphatic heterocycles. The third-order valence-electron chi connectivity index (χ3n) is 2.46. The summed E-state index contributed by atoms with van der Waals surface area (Å²) < 4.78 is 0. The first-order valence-electron chi connectivity index (χ1n) is 6.22. The van der Waals surface area contributed by atoms with Crippen LogP contribution in [-0.4, -0.2) is 28.5 Å². The molecular formula is C13H20N2O3S. The molecule has 0 saturated carbocycles. The van der Waals surface area contributed by atoms with Crippen molar-refractivity contribution in [3.63, 3.8) is 0 Å². The monoisotopic (exact) mass is 284 g/mol. The van der Waals surface area contributed by atoms with Crippen LogP contribution in [0.3, 0.4) is 0 Å². The van der Waals surface area contributed by atoms with Gasteiger partial charge in [0.05, 0.1) is 17.1 Å². The van der Waals surface area contributed by atoms with Crippen molar-refractivity contribution in [1.82, 2.24) is 10.3 Å². The van der Waals surface area contributed by atoms with Crippen LogP contribution in [0.5, 0.6) is 0 Å². The number of carboxylic acids is 1. The normalized spacial score (nSPS) is 11.3. The molecule has 0 saturated heterocycles. The molecule has 1 amide bonds. The van der Waals surface area contributed by atoms with E-state index in [1.165, 1.54) is 0 Å². The Kier molecular flexibility index (Phi) is 5.47. The van der Waals surface area contributed by atoms with Gasteiger partial charge in [0.25, 0.3) is 0 Å². The SMILES string of the molecule is CC(C)(C)c1nc(CCNC(=O)CCC(=O)O)cs1. The zero-order chi connectivity index (χ0) is 14.5. The first-order chi connectivity index (χ1) is 8.79. The van der Waals surface area contributed by atoms with Crippen LogP contribution < -0.4 is 5.32 Å². The minimum absolute atomic E-state index is 0.0274. The molecule has 106 valence electrons. The summed E-state index contributed by atoms with van der Waals surface area (Å²) in [4.78, 5) is 26.1. The Hall–Kier alpha value is -1.43. The summed E-state index contributed by atoms with van der Waals surface area (Å²) in [6, 6.07) is 0. The molecule has 0 unspecified atom stereocenters. The lowest BCUT2D eigenvalue weighted by Gasteiger charge is -2.13. The Labute approximate surface area is 117 Å². The maximum atomic E-state index is 11.3. The molecule has 0 atom stereocenters. The Morgan fingerprint density at radius 1 is 1.37 bits per heavy atom. The molecule has 0 aromatic carbocycles. The van der Waals surface area contributed by atoms with Crippen molar-refractivity contribution < 1.29 is 14.7 Å². The lowest BCUT2D eigenvalue weighted by Crippen LogP contribution is -2.26. The zero-order valence-electron chi connectivity index (χ0n) is 11.5. The van der Waals surface area contributed by atoms with Crippen LogP contribution in [0.15, 0.2) is 5.38 Å². The van der Waals surface area contributed by atoms with Gasteiger partial charge in [-0.05, 0) is 0 Å². The lowest BCUT2D eigenvalue weighted by molar-refractivity contribution is -0.138. The summed E-state index contributed by atoms with van der Waals surface area (Å²) in [6.07, 6.45) is 0.571. The molecule has 1 aromatic heterocycles. The minimum atomic E-state index is -0.954. The summed E-state index contributed by atoms with van der Waals surface area (Å²) in [5, 5.41) is 14.2. The molecule has 1 rings (SSSR count). The highest BCUT2D eigenvalue weighted by atomic mass is 32.1. The highest BCUT2D eigenvalue weighted by Crippen LogP contribution is 2.25. The Morgan fingerprint density at radius 2 is 2.05 bits per heavy atom. The topological polar surface area (TPSA) is 79.3 Å². The quantitative estimate of drug-likeness (QED) is 0.837. The van der Waals surface area contributed by atoms with E-state index in [2.05, 4.69) is 31.1 Å². The van der Waals surface area contributed by atoms with Crippen LogP contribution in [0.2, 0.25) is 0 Å². The van der Waals surface area contributed by atoms with Crippen molar-refractivity contribution in [2.75, 3.05) is 6.54 Å². The Balaban J connectivity index is 2.31. The van der Waals surface area contributed by atoms with E-state index >= 15 is 0 Å². The van der Waals surface area contributed by atoms with Crippen molar-refractivity contribution in [2.24, 2.45) is 0 Å². The Morgan fingerprint density at radius 3 is 2.58 bits per heavy atom. The number of amides is 1. The maximum Gasteiger partial charge on any atom is 0.303 e.